The monoisotopic (exact) mass is 1850 g/mol. The smallest absolute Gasteiger partial charge is 0.0541 e. The van der Waals surface area contributed by atoms with Crippen molar-refractivity contribution in [1.29, 1.82) is 0 Å². The summed E-state index contributed by atoms with van der Waals surface area (Å²) < 4.78 is 15.6. The van der Waals surface area contributed by atoms with E-state index in [1.54, 1.807) is 0 Å². The maximum atomic E-state index is 2.48. The zero-order chi connectivity index (χ0) is 93.8. The van der Waals surface area contributed by atoms with Gasteiger partial charge in [-0.1, -0.05) is 351 Å². The maximum Gasteiger partial charge on any atom is 0.0541 e. The molecule has 27 aromatic rings. The second-order valence-electron chi connectivity index (χ2n) is 40.1. The number of rotatable bonds is 9. The summed E-state index contributed by atoms with van der Waals surface area (Å²) in [6.07, 6.45) is 0. The van der Waals surface area contributed by atoms with Gasteiger partial charge in [0.25, 0.3) is 0 Å². The highest BCUT2D eigenvalue weighted by molar-refractivity contribution is 7.27. The van der Waals surface area contributed by atoms with Crippen LogP contribution in [-0.2, 0) is 16.2 Å². The fraction of sp³-hybridized carbons (Fsp3) is 0.0667. The van der Waals surface area contributed by atoms with Gasteiger partial charge >= 0.3 is 0 Å². The summed E-state index contributed by atoms with van der Waals surface area (Å²) in [5.41, 5.74) is 42.2. The third-order valence-electron chi connectivity index (χ3n) is 31.2. The van der Waals surface area contributed by atoms with E-state index in [0.717, 1.165) is 0 Å². The first-order chi connectivity index (χ1) is 69.2. The van der Waals surface area contributed by atoms with E-state index >= 15 is 0 Å². The van der Waals surface area contributed by atoms with Crippen LogP contribution in [0.4, 0.5) is 0 Å². The summed E-state index contributed by atoms with van der Waals surface area (Å²) in [7, 11) is 0. The first-order valence-electron chi connectivity index (χ1n) is 49.1. The van der Waals surface area contributed by atoms with E-state index in [4.69, 9.17) is 0 Å². The van der Waals surface area contributed by atoms with E-state index in [2.05, 4.69) is 510 Å². The molecule has 0 saturated carbocycles. The highest BCUT2D eigenvalue weighted by atomic mass is 32.1. The van der Waals surface area contributed by atoms with E-state index in [0.29, 0.717) is 0 Å². The van der Waals surface area contributed by atoms with Gasteiger partial charge in [-0.25, -0.2) is 0 Å². The van der Waals surface area contributed by atoms with Gasteiger partial charge in [-0.15, -0.1) is 34.0 Å². The molecule has 3 aliphatic carbocycles. The molecule has 0 saturated heterocycles. The molecule has 0 unspecified atom stereocenters. The van der Waals surface area contributed by atoms with Crippen molar-refractivity contribution in [2.24, 2.45) is 0 Å². The predicted molar refractivity (Wildman–Crippen MR) is 606 cm³/mol. The van der Waals surface area contributed by atoms with Gasteiger partial charge in [0.1, 0.15) is 0 Å². The molecule has 0 amide bonds. The molecule has 3 nitrogen and oxygen atoms in total. The molecule has 21 aromatic carbocycles. The van der Waals surface area contributed by atoms with Crippen LogP contribution in [0.1, 0.15) is 74.9 Å². The Morgan fingerprint density at radius 2 is 0.475 bits per heavy atom. The molecule has 6 heteroatoms. The first kappa shape index (κ1) is 82.9. The van der Waals surface area contributed by atoms with Gasteiger partial charge < -0.3 is 13.7 Å². The van der Waals surface area contributed by atoms with E-state index in [1.807, 2.05) is 34.0 Å². The zero-order valence-electron chi connectivity index (χ0n) is 78.9. The molecule has 0 bridgehead atoms. The first-order valence-corrected chi connectivity index (χ1v) is 51.5. The Labute approximate surface area is 830 Å². The topological polar surface area (TPSA) is 14.8 Å². The third-order valence-corrected chi connectivity index (χ3v) is 34.6. The van der Waals surface area contributed by atoms with Gasteiger partial charge in [-0.3, -0.25) is 0 Å². The number of thiophene rings is 3. The Bertz CT molecular complexity index is 9580. The molecule has 0 N–H and O–H groups in total. The van der Waals surface area contributed by atoms with E-state index < -0.39 is 0 Å². The van der Waals surface area contributed by atoms with Gasteiger partial charge in [0.2, 0.25) is 0 Å². The van der Waals surface area contributed by atoms with E-state index in [-0.39, 0.29) is 16.2 Å². The van der Waals surface area contributed by atoms with Crippen molar-refractivity contribution < 1.29 is 0 Å². The molecule has 30 rings (SSSR count). The molecule has 0 radical (unpaired) electrons. The number of nitrogens with zero attached hydrogens (tertiary/aromatic N) is 3. The highest BCUT2D eigenvalue weighted by Gasteiger charge is 2.42. The van der Waals surface area contributed by atoms with Gasteiger partial charge in [-0.05, 0) is 274 Å². The van der Waals surface area contributed by atoms with Gasteiger partial charge in [-0.2, -0.15) is 0 Å². The summed E-state index contributed by atoms with van der Waals surface area (Å²) in [5.74, 6) is 0. The third kappa shape index (κ3) is 13.0. The van der Waals surface area contributed by atoms with Crippen molar-refractivity contribution >= 4 is 160 Å². The van der Waals surface area contributed by atoms with Crippen molar-refractivity contribution in [1.82, 2.24) is 13.7 Å². The zero-order valence-corrected chi connectivity index (χ0v) is 81.3. The minimum absolute atomic E-state index is 0.106. The number of aromatic nitrogens is 3. The SMILES string of the molecule is CC1(C)c2cc(-n3c4ccc(-c5ccccc5)cc4c4cc(-c5ccccc5)ccc43)ccc2-c2c1ccc1c2sc2ccccc21.CC1(C)c2cc(-n3c4ccc(-c5ccccc5)cc4c4cc(-c5ccccc5)ccc43)ccc2-c2cc3sc4ccccc4c3cc21.CC1(C)c2cc(-n3c4ccc(-c5ccccc5)cc4c4cc(-c5ccccc5)ccc43)ccc2-c2ccc3sc4ccccc4c3c21. The van der Waals surface area contributed by atoms with Crippen LogP contribution in [0.25, 0.3) is 243 Å². The fourth-order valence-corrected chi connectivity index (χ4v) is 27.7. The summed E-state index contributed by atoms with van der Waals surface area (Å²) >= 11 is 5.74. The molecule has 3 aliphatic rings. The van der Waals surface area contributed by atoms with Crippen LogP contribution < -0.4 is 0 Å². The lowest BCUT2D eigenvalue weighted by Crippen LogP contribution is -2.15. The summed E-state index contributed by atoms with van der Waals surface area (Å²) in [5, 5.41) is 15.9. The lowest BCUT2D eigenvalue weighted by atomic mass is 9.80. The lowest BCUT2D eigenvalue weighted by molar-refractivity contribution is 0.660. The molecule has 0 fully saturated rings. The molecular weight excluding hydrogens is 1760 g/mol. The Balaban J connectivity index is 0.000000104. The Morgan fingerprint density at radius 3 is 0.879 bits per heavy atom. The normalized spacial score (nSPS) is 13.5. The summed E-state index contributed by atoms with van der Waals surface area (Å²) in [6, 6.07) is 168. The Morgan fingerprint density at radius 1 is 0.170 bits per heavy atom. The van der Waals surface area contributed by atoms with Crippen LogP contribution in [-0.4, -0.2) is 13.7 Å². The lowest BCUT2D eigenvalue weighted by Gasteiger charge is -2.23. The fourth-order valence-electron chi connectivity index (χ4n) is 24.2. The molecule has 6 aromatic heterocycles. The molecule has 0 aliphatic heterocycles. The van der Waals surface area contributed by atoms with Crippen LogP contribution in [0.5, 0.6) is 0 Å². The molecule has 0 atom stereocenters. The van der Waals surface area contributed by atoms with Crippen LogP contribution in [0, 0.1) is 0 Å². The number of fused-ring (bicyclic) bond motifs is 29. The summed E-state index contributed by atoms with van der Waals surface area (Å²) in [6.45, 7) is 14.4. The van der Waals surface area contributed by atoms with Crippen molar-refractivity contribution in [3.8, 4) is 117 Å². The second kappa shape index (κ2) is 31.9. The average molecular weight is 1850 g/mol. The van der Waals surface area contributed by atoms with Gasteiger partial charge in [0, 0.05) is 132 Å². The predicted octanol–water partition coefficient (Wildman–Crippen LogP) is 38.4. The minimum atomic E-state index is -0.135. The van der Waals surface area contributed by atoms with Gasteiger partial charge in [0.15, 0.2) is 0 Å². The quantitative estimate of drug-likeness (QED) is 0.137. The number of hydrogen-bond donors (Lipinski definition) is 0. The molecular formula is C135H93N3S3. The van der Waals surface area contributed by atoms with Crippen LogP contribution >= 0.6 is 34.0 Å². The largest absolute Gasteiger partial charge is 0.309 e. The number of benzene rings is 21. The molecule has 141 heavy (non-hydrogen) atoms. The van der Waals surface area contributed by atoms with Crippen LogP contribution in [0.3, 0.4) is 0 Å². The van der Waals surface area contributed by atoms with Crippen molar-refractivity contribution in [3.05, 3.63) is 488 Å². The van der Waals surface area contributed by atoms with Gasteiger partial charge in [0.05, 0.1) is 33.1 Å². The van der Waals surface area contributed by atoms with Crippen molar-refractivity contribution in [2.75, 3.05) is 0 Å². The van der Waals surface area contributed by atoms with E-state index in [9.17, 15) is 0 Å². The van der Waals surface area contributed by atoms with Crippen molar-refractivity contribution in [3.63, 3.8) is 0 Å². The Kier molecular flexibility index (Phi) is 18.7. The van der Waals surface area contributed by atoms with Crippen LogP contribution in [0.15, 0.2) is 455 Å². The maximum absolute atomic E-state index is 2.48. The standard InChI is InChI=1S/3C45H31NS/c1-45(2)38-22-21-34-33-15-9-10-16-42(33)47-44(34)43(38)35-20-19-32(27-39(35)45)46-40-23-17-30(28-11-5-3-6-12-28)25-36(40)37-26-31(18-24-41(37)46)29-13-7-4-8-14-29;1-45(2)38-27-32(19-20-33(38)34-21-24-42-43(44(34)45)35-15-9-10-16-41(35)47-42)46-39-22-17-30(28-11-5-3-6-12-28)25-36(39)37-26-31(18-23-40(37)46)29-13-7-4-8-14-29;1-45(2)39-25-32(19-20-33(39)35-27-44-38(26-40(35)45)34-15-9-10-16-43(34)47-44)46-41-21-17-30(28-11-5-3-6-12-28)23-36(41)37-24-31(18-22-42(37)46)29-13-7-4-8-14-29/h3*3-27H,1-2H3. The summed E-state index contributed by atoms with van der Waals surface area (Å²) in [4.78, 5) is 0. The van der Waals surface area contributed by atoms with E-state index in [1.165, 1.54) is 277 Å². The van der Waals surface area contributed by atoms with Crippen molar-refractivity contribution in [2.45, 2.75) is 57.8 Å². The molecule has 666 valence electrons. The second-order valence-corrected chi connectivity index (χ2v) is 43.3. The highest BCUT2D eigenvalue weighted by Crippen LogP contribution is 2.59. The molecule has 6 heterocycles. The number of hydrogen-bond acceptors (Lipinski definition) is 3. The molecule has 0 spiro atoms. The minimum Gasteiger partial charge on any atom is -0.309 e. The van der Waals surface area contributed by atoms with Crippen LogP contribution in [0.2, 0.25) is 0 Å². The Hall–Kier alpha value is -16.3. The average Bonchev–Trinajstić information content (AvgIpc) is 1.59.